The third-order valence-electron chi connectivity index (χ3n) is 7.24. The van der Waals surface area contributed by atoms with Crippen LogP contribution in [0.15, 0.2) is 30.6 Å². The standard InChI is InChI=1S/C24H27FN6/c1-13(2)31-10-9-17-22(27-19-11-14-3-5-15(19)6-4-14)29-23(30-24(17)31)18-12-26-21-16(18)7-8-20(25)28-21/h7-10,12-15,19H,3-6,11H2,1-2H3,(H,26,28)(H,27,29,30)/t14?,15?,19-/m1/s1. The molecule has 1 atom stereocenters. The summed E-state index contributed by atoms with van der Waals surface area (Å²) in [6.45, 7) is 4.32. The van der Waals surface area contributed by atoms with Crippen molar-refractivity contribution >= 4 is 27.9 Å². The van der Waals surface area contributed by atoms with E-state index < -0.39 is 5.95 Å². The maximum absolute atomic E-state index is 13.6. The molecular weight excluding hydrogens is 391 g/mol. The van der Waals surface area contributed by atoms with Crippen molar-refractivity contribution in [3.8, 4) is 11.4 Å². The Morgan fingerprint density at radius 2 is 1.90 bits per heavy atom. The number of nitrogens with zero attached hydrogens (tertiary/aromatic N) is 4. The smallest absolute Gasteiger partial charge is 0.214 e. The molecule has 0 amide bonds. The Balaban J connectivity index is 1.49. The zero-order chi connectivity index (χ0) is 21.1. The van der Waals surface area contributed by atoms with Gasteiger partial charge < -0.3 is 14.9 Å². The van der Waals surface area contributed by atoms with Gasteiger partial charge in [-0.1, -0.05) is 12.8 Å². The molecule has 0 aromatic carbocycles. The first-order valence-corrected chi connectivity index (χ1v) is 11.4. The Kier molecular flexibility index (Phi) is 4.26. The Labute approximate surface area is 180 Å². The number of aromatic amines is 1. The van der Waals surface area contributed by atoms with Crippen LogP contribution in [0.2, 0.25) is 0 Å². The van der Waals surface area contributed by atoms with Crippen molar-refractivity contribution in [1.29, 1.82) is 0 Å². The molecule has 0 radical (unpaired) electrons. The van der Waals surface area contributed by atoms with Crippen LogP contribution >= 0.6 is 0 Å². The van der Waals surface area contributed by atoms with Gasteiger partial charge in [0.15, 0.2) is 5.82 Å². The zero-order valence-electron chi connectivity index (χ0n) is 17.9. The minimum Gasteiger partial charge on any atom is -0.366 e. The molecule has 4 aromatic heterocycles. The lowest BCUT2D eigenvalue weighted by Crippen LogP contribution is -2.40. The minimum atomic E-state index is -0.499. The second kappa shape index (κ2) is 7.04. The number of aromatic nitrogens is 5. The van der Waals surface area contributed by atoms with Crippen molar-refractivity contribution in [3.05, 3.63) is 36.5 Å². The van der Waals surface area contributed by atoms with Crippen molar-refractivity contribution in [2.75, 3.05) is 5.32 Å². The topological polar surface area (TPSA) is 71.4 Å². The largest absolute Gasteiger partial charge is 0.366 e. The molecule has 160 valence electrons. The van der Waals surface area contributed by atoms with Crippen molar-refractivity contribution in [2.45, 2.75) is 58.0 Å². The monoisotopic (exact) mass is 418 g/mol. The SMILES string of the molecule is CC(C)n1ccc2c(N[C@@H]3CC4CCC3CC4)nc(-c3c[nH]c4nc(F)ccc34)nc21. The molecule has 31 heavy (non-hydrogen) atoms. The molecule has 0 aliphatic heterocycles. The quantitative estimate of drug-likeness (QED) is 0.418. The highest BCUT2D eigenvalue weighted by Crippen LogP contribution is 2.43. The highest BCUT2D eigenvalue weighted by Gasteiger charge is 2.36. The van der Waals surface area contributed by atoms with E-state index in [2.05, 4.69) is 46.0 Å². The molecule has 2 bridgehead atoms. The van der Waals surface area contributed by atoms with Gasteiger partial charge in [0.1, 0.15) is 17.1 Å². The summed E-state index contributed by atoms with van der Waals surface area (Å²) in [5, 5.41) is 5.70. The highest BCUT2D eigenvalue weighted by molar-refractivity contribution is 5.95. The Morgan fingerprint density at radius 3 is 2.65 bits per heavy atom. The number of H-pyrrole nitrogens is 1. The van der Waals surface area contributed by atoms with Gasteiger partial charge in [-0.25, -0.2) is 15.0 Å². The molecule has 0 spiro atoms. The molecular formula is C24H27FN6. The number of fused-ring (bicyclic) bond motifs is 5. The zero-order valence-corrected chi connectivity index (χ0v) is 17.9. The van der Waals surface area contributed by atoms with Gasteiger partial charge in [0.25, 0.3) is 0 Å². The summed E-state index contributed by atoms with van der Waals surface area (Å²) in [5.74, 6) is 2.61. The van der Waals surface area contributed by atoms with Gasteiger partial charge in [0, 0.05) is 35.4 Å². The third kappa shape index (κ3) is 3.09. The molecule has 7 rings (SSSR count). The lowest BCUT2D eigenvalue weighted by molar-refractivity contribution is 0.157. The fraction of sp³-hybridized carbons (Fsp3) is 0.458. The van der Waals surface area contributed by atoms with Gasteiger partial charge in [-0.3, -0.25) is 0 Å². The first kappa shape index (κ1) is 18.8. The average Bonchev–Trinajstić information content (AvgIpc) is 3.38. The molecule has 7 heteroatoms. The van der Waals surface area contributed by atoms with Crippen LogP contribution in [0.1, 0.15) is 52.0 Å². The van der Waals surface area contributed by atoms with Crippen LogP contribution in [0.25, 0.3) is 33.5 Å². The fourth-order valence-corrected chi connectivity index (χ4v) is 5.58. The van der Waals surface area contributed by atoms with Crippen LogP contribution in [0.4, 0.5) is 10.2 Å². The molecule has 3 saturated carbocycles. The maximum Gasteiger partial charge on any atom is 0.214 e. The van der Waals surface area contributed by atoms with E-state index in [4.69, 9.17) is 9.97 Å². The number of nitrogens with one attached hydrogen (secondary N) is 2. The predicted molar refractivity (Wildman–Crippen MR) is 120 cm³/mol. The average molecular weight is 419 g/mol. The van der Waals surface area contributed by atoms with Crippen LogP contribution in [0, 0.1) is 17.8 Å². The number of hydrogen-bond donors (Lipinski definition) is 2. The summed E-state index contributed by atoms with van der Waals surface area (Å²) in [6.07, 6.45) is 10.5. The Morgan fingerprint density at radius 1 is 1.06 bits per heavy atom. The second-order valence-electron chi connectivity index (χ2n) is 9.45. The molecule has 3 aliphatic rings. The van der Waals surface area contributed by atoms with E-state index in [0.29, 0.717) is 17.5 Å². The van der Waals surface area contributed by atoms with Crippen molar-refractivity contribution < 1.29 is 4.39 Å². The van der Waals surface area contributed by atoms with E-state index in [1.807, 2.05) is 6.20 Å². The van der Waals surface area contributed by atoms with Gasteiger partial charge in [-0.15, -0.1) is 0 Å². The highest BCUT2D eigenvalue weighted by atomic mass is 19.1. The normalized spacial score (nSPS) is 23.3. The first-order chi connectivity index (χ1) is 15.1. The van der Waals surface area contributed by atoms with E-state index >= 15 is 0 Å². The van der Waals surface area contributed by atoms with Crippen molar-refractivity contribution in [2.24, 2.45) is 11.8 Å². The number of pyridine rings is 1. The maximum atomic E-state index is 13.6. The first-order valence-electron chi connectivity index (χ1n) is 11.4. The summed E-state index contributed by atoms with van der Waals surface area (Å²) in [4.78, 5) is 17.0. The summed E-state index contributed by atoms with van der Waals surface area (Å²) in [7, 11) is 0. The molecule has 6 nitrogen and oxygen atoms in total. The lowest BCUT2D eigenvalue weighted by Gasteiger charge is -2.42. The van der Waals surface area contributed by atoms with Crippen LogP contribution < -0.4 is 5.32 Å². The number of rotatable bonds is 4. The number of halogens is 1. The molecule has 3 aliphatic carbocycles. The Hall–Kier alpha value is -2.96. The number of anilines is 1. The van der Waals surface area contributed by atoms with E-state index in [-0.39, 0.29) is 6.04 Å². The summed E-state index contributed by atoms with van der Waals surface area (Å²) >= 11 is 0. The predicted octanol–water partition coefficient (Wildman–Crippen LogP) is 5.69. The summed E-state index contributed by atoms with van der Waals surface area (Å²) in [5.41, 5.74) is 2.28. The van der Waals surface area contributed by atoms with Gasteiger partial charge in [-0.2, -0.15) is 4.39 Å². The van der Waals surface area contributed by atoms with E-state index in [1.165, 1.54) is 38.2 Å². The Bertz CT molecular complexity index is 1260. The van der Waals surface area contributed by atoms with Gasteiger partial charge in [0.2, 0.25) is 5.95 Å². The summed E-state index contributed by atoms with van der Waals surface area (Å²) < 4.78 is 15.8. The fourth-order valence-electron chi connectivity index (χ4n) is 5.58. The van der Waals surface area contributed by atoms with Crippen LogP contribution in [0.3, 0.4) is 0 Å². The van der Waals surface area contributed by atoms with Crippen LogP contribution in [0.5, 0.6) is 0 Å². The molecule has 4 heterocycles. The molecule has 0 saturated heterocycles. The van der Waals surface area contributed by atoms with Gasteiger partial charge in [-0.05, 0) is 63.1 Å². The van der Waals surface area contributed by atoms with E-state index in [9.17, 15) is 4.39 Å². The van der Waals surface area contributed by atoms with Crippen LogP contribution in [-0.2, 0) is 0 Å². The molecule has 2 N–H and O–H groups in total. The van der Waals surface area contributed by atoms with E-state index in [0.717, 1.165) is 39.6 Å². The number of hydrogen-bond acceptors (Lipinski definition) is 4. The molecule has 4 aromatic rings. The second-order valence-corrected chi connectivity index (χ2v) is 9.45. The van der Waals surface area contributed by atoms with Crippen molar-refractivity contribution in [3.63, 3.8) is 0 Å². The van der Waals surface area contributed by atoms with E-state index in [1.54, 1.807) is 6.07 Å². The summed E-state index contributed by atoms with van der Waals surface area (Å²) in [6, 6.07) is 6.00. The van der Waals surface area contributed by atoms with Crippen molar-refractivity contribution in [1.82, 2.24) is 24.5 Å². The van der Waals surface area contributed by atoms with Gasteiger partial charge >= 0.3 is 0 Å². The third-order valence-corrected chi connectivity index (χ3v) is 7.24. The lowest BCUT2D eigenvalue weighted by atomic mass is 9.68. The van der Waals surface area contributed by atoms with Crippen LogP contribution in [-0.4, -0.2) is 30.5 Å². The molecule has 0 unspecified atom stereocenters. The van der Waals surface area contributed by atoms with Gasteiger partial charge in [0.05, 0.1) is 5.39 Å². The minimum absolute atomic E-state index is 0.289. The molecule has 3 fully saturated rings.